The van der Waals surface area contributed by atoms with Crippen LogP contribution < -0.4 is 5.32 Å². The van der Waals surface area contributed by atoms with E-state index in [2.05, 4.69) is 54.5 Å². The largest absolute Gasteiger partial charge is 0.381 e. The standard InChI is InChI=1S/C17H24N2/c1-4-7-15(8-5-2)19-16-10-6-9-14-12-11-13(3)18-17(14)16/h6,9-12,15,19H,4-5,7-8H2,1-3H3. The molecule has 0 saturated heterocycles. The number of hydrogen-bond donors (Lipinski definition) is 1. The van der Waals surface area contributed by atoms with Crippen molar-refractivity contribution in [3.63, 3.8) is 0 Å². The molecule has 0 unspecified atom stereocenters. The molecule has 2 aromatic rings. The van der Waals surface area contributed by atoms with E-state index < -0.39 is 0 Å². The summed E-state index contributed by atoms with van der Waals surface area (Å²) in [6, 6.07) is 11.2. The molecule has 0 amide bonds. The number of aromatic nitrogens is 1. The van der Waals surface area contributed by atoms with Crippen LogP contribution in [0.25, 0.3) is 10.9 Å². The Morgan fingerprint density at radius 2 is 1.79 bits per heavy atom. The second-order valence-corrected chi connectivity index (χ2v) is 5.25. The van der Waals surface area contributed by atoms with Crippen LogP contribution in [0.4, 0.5) is 5.69 Å². The Morgan fingerprint density at radius 3 is 2.47 bits per heavy atom. The van der Waals surface area contributed by atoms with Gasteiger partial charge in [0.2, 0.25) is 0 Å². The van der Waals surface area contributed by atoms with E-state index in [1.54, 1.807) is 0 Å². The van der Waals surface area contributed by atoms with Gasteiger partial charge < -0.3 is 5.32 Å². The van der Waals surface area contributed by atoms with Crippen molar-refractivity contribution in [1.29, 1.82) is 0 Å². The molecule has 102 valence electrons. The second kappa shape index (κ2) is 6.55. The van der Waals surface area contributed by atoms with E-state index in [1.165, 1.54) is 36.8 Å². The fourth-order valence-electron chi connectivity index (χ4n) is 2.57. The first-order chi connectivity index (χ1) is 9.24. The SMILES string of the molecule is CCCC(CCC)Nc1cccc2ccc(C)nc12. The molecule has 0 atom stereocenters. The maximum Gasteiger partial charge on any atom is 0.0936 e. The van der Waals surface area contributed by atoms with E-state index in [9.17, 15) is 0 Å². The summed E-state index contributed by atoms with van der Waals surface area (Å²) in [6.45, 7) is 6.54. The van der Waals surface area contributed by atoms with Crippen molar-refractivity contribution in [2.45, 2.75) is 52.5 Å². The van der Waals surface area contributed by atoms with Gasteiger partial charge >= 0.3 is 0 Å². The van der Waals surface area contributed by atoms with Crippen LogP contribution in [0.3, 0.4) is 0 Å². The first kappa shape index (κ1) is 13.9. The maximum atomic E-state index is 4.69. The van der Waals surface area contributed by atoms with Gasteiger partial charge in [0, 0.05) is 17.1 Å². The number of para-hydroxylation sites is 1. The number of nitrogens with one attached hydrogen (secondary N) is 1. The Balaban J connectivity index is 2.30. The summed E-state index contributed by atoms with van der Waals surface area (Å²) in [6.07, 6.45) is 4.87. The predicted octanol–water partition coefficient (Wildman–Crippen LogP) is 4.92. The highest BCUT2D eigenvalue weighted by Gasteiger charge is 2.09. The molecule has 0 saturated carbocycles. The van der Waals surface area contributed by atoms with Crippen molar-refractivity contribution in [3.05, 3.63) is 36.0 Å². The first-order valence-electron chi connectivity index (χ1n) is 7.37. The van der Waals surface area contributed by atoms with Crippen LogP contribution >= 0.6 is 0 Å². The average Bonchev–Trinajstić information content (AvgIpc) is 2.40. The molecule has 0 aliphatic carbocycles. The van der Waals surface area contributed by atoms with Gasteiger partial charge in [0.05, 0.1) is 11.2 Å². The number of aryl methyl sites for hydroxylation is 1. The lowest BCUT2D eigenvalue weighted by atomic mass is 10.1. The molecular formula is C17H24N2. The minimum Gasteiger partial charge on any atom is -0.381 e. The van der Waals surface area contributed by atoms with Gasteiger partial charge in [-0.05, 0) is 31.9 Å². The Labute approximate surface area is 116 Å². The molecule has 0 bridgehead atoms. The molecule has 0 radical (unpaired) electrons. The van der Waals surface area contributed by atoms with E-state index >= 15 is 0 Å². The number of rotatable bonds is 6. The third-order valence-electron chi connectivity index (χ3n) is 3.49. The molecule has 2 heteroatoms. The summed E-state index contributed by atoms with van der Waals surface area (Å²) in [7, 11) is 0. The fourth-order valence-corrected chi connectivity index (χ4v) is 2.57. The Morgan fingerprint density at radius 1 is 1.05 bits per heavy atom. The maximum absolute atomic E-state index is 4.69. The first-order valence-corrected chi connectivity index (χ1v) is 7.37. The summed E-state index contributed by atoms with van der Waals surface area (Å²) < 4.78 is 0. The molecule has 2 rings (SSSR count). The van der Waals surface area contributed by atoms with Gasteiger partial charge in [-0.15, -0.1) is 0 Å². The van der Waals surface area contributed by atoms with Gasteiger partial charge in [0.15, 0.2) is 0 Å². The molecule has 2 nitrogen and oxygen atoms in total. The van der Waals surface area contributed by atoms with Gasteiger partial charge in [-0.3, -0.25) is 4.98 Å². The molecule has 0 aliphatic heterocycles. The highest BCUT2D eigenvalue weighted by Crippen LogP contribution is 2.24. The van der Waals surface area contributed by atoms with Crippen LogP contribution in [0.1, 0.15) is 45.2 Å². The zero-order valence-corrected chi connectivity index (χ0v) is 12.2. The number of nitrogens with zero attached hydrogens (tertiary/aromatic N) is 1. The minimum absolute atomic E-state index is 0.558. The van der Waals surface area contributed by atoms with Crippen molar-refractivity contribution >= 4 is 16.6 Å². The molecule has 1 aromatic heterocycles. The van der Waals surface area contributed by atoms with Gasteiger partial charge in [-0.25, -0.2) is 0 Å². The molecule has 0 spiro atoms. The van der Waals surface area contributed by atoms with Gasteiger partial charge in [0.25, 0.3) is 0 Å². The molecule has 0 fully saturated rings. The highest BCUT2D eigenvalue weighted by molar-refractivity contribution is 5.90. The van der Waals surface area contributed by atoms with E-state index in [4.69, 9.17) is 0 Å². The van der Waals surface area contributed by atoms with Crippen LogP contribution in [-0.4, -0.2) is 11.0 Å². The Bertz CT molecular complexity index is 528. The van der Waals surface area contributed by atoms with Gasteiger partial charge in [-0.2, -0.15) is 0 Å². The minimum atomic E-state index is 0.558. The number of hydrogen-bond acceptors (Lipinski definition) is 2. The van der Waals surface area contributed by atoms with E-state index in [0.29, 0.717) is 6.04 Å². The Kier molecular flexibility index (Phi) is 4.78. The highest BCUT2D eigenvalue weighted by atomic mass is 14.9. The zero-order valence-electron chi connectivity index (χ0n) is 12.2. The summed E-state index contributed by atoms with van der Waals surface area (Å²) in [5, 5.41) is 4.90. The van der Waals surface area contributed by atoms with E-state index in [1.807, 2.05) is 6.92 Å². The topological polar surface area (TPSA) is 24.9 Å². The van der Waals surface area contributed by atoms with Crippen molar-refractivity contribution in [1.82, 2.24) is 4.98 Å². The summed E-state index contributed by atoms with van der Waals surface area (Å²) >= 11 is 0. The van der Waals surface area contributed by atoms with Crippen molar-refractivity contribution in [2.75, 3.05) is 5.32 Å². The normalized spacial score (nSPS) is 11.2. The lowest BCUT2D eigenvalue weighted by Gasteiger charge is -2.19. The molecule has 1 N–H and O–H groups in total. The Hall–Kier alpha value is -1.57. The monoisotopic (exact) mass is 256 g/mol. The number of fused-ring (bicyclic) bond motifs is 1. The third kappa shape index (κ3) is 3.46. The summed E-state index contributed by atoms with van der Waals surface area (Å²) in [5.41, 5.74) is 3.34. The molecule has 1 aromatic carbocycles. The van der Waals surface area contributed by atoms with Crippen LogP contribution in [0.15, 0.2) is 30.3 Å². The molecule has 19 heavy (non-hydrogen) atoms. The number of anilines is 1. The smallest absolute Gasteiger partial charge is 0.0936 e. The van der Waals surface area contributed by atoms with Crippen molar-refractivity contribution in [3.8, 4) is 0 Å². The average molecular weight is 256 g/mol. The van der Waals surface area contributed by atoms with E-state index in [0.717, 1.165) is 11.2 Å². The lowest BCUT2D eigenvalue weighted by Crippen LogP contribution is -2.19. The molecule has 0 aliphatic rings. The summed E-state index contributed by atoms with van der Waals surface area (Å²) in [5.74, 6) is 0. The van der Waals surface area contributed by atoms with Gasteiger partial charge in [0.1, 0.15) is 0 Å². The lowest BCUT2D eigenvalue weighted by molar-refractivity contribution is 0.587. The van der Waals surface area contributed by atoms with Crippen LogP contribution in [0.5, 0.6) is 0 Å². The third-order valence-corrected chi connectivity index (χ3v) is 3.49. The molecule has 1 heterocycles. The van der Waals surface area contributed by atoms with Crippen LogP contribution in [0.2, 0.25) is 0 Å². The van der Waals surface area contributed by atoms with Crippen molar-refractivity contribution in [2.24, 2.45) is 0 Å². The zero-order chi connectivity index (χ0) is 13.7. The van der Waals surface area contributed by atoms with E-state index in [-0.39, 0.29) is 0 Å². The summed E-state index contributed by atoms with van der Waals surface area (Å²) in [4.78, 5) is 4.69. The van der Waals surface area contributed by atoms with Crippen LogP contribution in [0, 0.1) is 6.92 Å². The van der Waals surface area contributed by atoms with Crippen LogP contribution in [-0.2, 0) is 0 Å². The number of pyridine rings is 1. The number of benzene rings is 1. The fraction of sp³-hybridized carbons (Fsp3) is 0.471. The molecular weight excluding hydrogens is 232 g/mol. The van der Waals surface area contributed by atoms with Gasteiger partial charge in [-0.1, -0.05) is 44.9 Å². The second-order valence-electron chi connectivity index (χ2n) is 5.25. The quantitative estimate of drug-likeness (QED) is 0.793. The van der Waals surface area contributed by atoms with Crippen molar-refractivity contribution < 1.29 is 0 Å². The predicted molar refractivity (Wildman–Crippen MR) is 83.7 cm³/mol.